The molecule has 0 aliphatic carbocycles. The molecule has 0 spiro atoms. The van der Waals surface area contributed by atoms with Gasteiger partial charge >= 0.3 is 0 Å². The highest BCUT2D eigenvalue weighted by molar-refractivity contribution is 5.86. The van der Waals surface area contributed by atoms with Crippen molar-refractivity contribution in [2.75, 3.05) is 13.2 Å². The maximum Gasteiger partial charge on any atom is 0.218 e. The minimum absolute atomic E-state index is 0.0352. The number of hydrogen-bond acceptors (Lipinski definition) is 5. The van der Waals surface area contributed by atoms with Crippen molar-refractivity contribution >= 4 is 5.84 Å². The summed E-state index contributed by atoms with van der Waals surface area (Å²) in [7, 11) is 0. The van der Waals surface area contributed by atoms with E-state index in [0.717, 1.165) is 12.1 Å². The van der Waals surface area contributed by atoms with Crippen molar-refractivity contribution in [3.8, 4) is 0 Å². The third-order valence-corrected chi connectivity index (χ3v) is 3.49. The smallest absolute Gasteiger partial charge is 0.218 e. The molecule has 0 saturated carbocycles. The zero-order valence-corrected chi connectivity index (χ0v) is 11.1. The summed E-state index contributed by atoms with van der Waals surface area (Å²) < 4.78 is 45.0. The number of halogens is 3. The third kappa shape index (κ3) is 2.44. The van der Waals surface area contributed by atoms with Crippen molar-refractivity contribution in [1.82, 2.24) is 4.90 Å². The maximum absolute atomic E-state index is 13.4. The van der Waals surface area contributed by atoms with Crippen LogP contribution in [0.5, 0.6) is 0 Å². The first-order valence-electron chi connectivity index (χ1n) is 6.42. The first-order chi connectivity index (χ1) is 9.97. The van der Waals surface area contributed by atoms with Crippen LogP contribution in [-0.4, -0.2) is 41.4 Å². The summed E-state index contributed by atoms with van der Waals surface area (Å²) >= 11 is 0. The molecule has 2 aliphatic heterocycles. The third-order valence-electron chi connectivity index (χ3n) is 3.49. The second-order valence-electron chi connectivity index (χ2n) is 5.01. The second kappa shape index (κ2) is 5.19. The zero-order chi connectivity index (χ0) is 15.1. The molecule has 1 fully saturated rings. The molecule has 1 aromatic carbocycles. The summed E-state index contributed by atoms with van der Waals surface area (Å²) in [6.07, 6.45) is -1.57. The number of rotatable bonds is 1. The molecule has 0 aromatic heterocycles. The van der Waals surface area contributed by atoms with Crippen LogP contribution in [0.2, 0.25) is 0 Å². The van der Waals surface area contributed by atoms with Crippen LogP contribution >= 0.6 is 0 Å². The summed E-state index contributed by atoms with van der Waals surface area (Å²) in [5, 5.41) is 13.5. The molecular formula is C13H13F3N2O3. The highest BCUT2D eigenvalue weighted by atomic mass is 19.2. The zero-order valence-electron chi connectivity index (χ0n) is 11.1. The molecule has 8 heteroatoms. The van der Waals surface area contributed by atoms with E-state index >= 15 is 0 Å². The molecule has 3 unspecified atom stereocenters. The Labute approximate surface area is 118 Å². The average molecular weight is 302 g/mol. The van der Waals surface area contributed by atoms with Crippen LogP contribution in [-0.2, 0) is 9.57 Å². The molecule has 0 radical (unpaired) electrons. The summed E-state index contributed by atoms with van der Waals surface area (Å²) in [4.78, 5) is 6.64. The molecule has 0 bridgehead atoms. The van der Waals surface area contributed by atoms with Crippen molar-refractivity contribution in [1.29, 1.82) is 0 Å². The lowest BCUT2D eigenvalue weighted by atomic mass is 10.0. The molecule has 2 aliphatic rings. The Kier molecular flexibility index (Phi) is 3.50. The predicted molar refractivity (Wildman–Crippen MR) is 65.7 cm³/mol. The van der Waals surface area contributed by atoms with E-state index < -0.39 is 29.8 Å². The predicted octanol–water partition coefficient (Wildman–Crippen LogP) is 1.53. The molecular weight excluding hydrogens is 289 g/mol. The number of aliphatic hydroxyl groups excluding tert-OH is 1. The standard InChI is InChI=1S/C13H13F3N2O3/c1-6-4-18-10(5-20-17-12(18)13(19)21-6)7-2-8(14)11(16)9(15)3-7/h2-3,6,10,13,19H,4-5H2,1H3. The fourth-order valence-corrected chi connectivity index (χ4v) is 2.53. The first-order valence-corrected chi connectivity index (χ1v) is 6.42. The lowest BCUT2D eigenvalue weighted by molar-refractivity contribution is -0.132. The second-order valence-corrected chi connectivity index (χ2v) is 5.01. The molecule has 2 heterocycles. The normalized spacial score (nSPS) is 28.7. The Hall–Kier alpha value is -1.80. The highest BCUT2D eigenvalue weighted by Crippen LogP contribution is 2.30. The Balaban J connectivity index is 1.97. The molecule has 3 rings (SSSR count). The van der Waals surface area contributed by atoms with Crippen LogP contribution in [0.3, 0.4) is 0 Å². The number of amidine groups is 1. The quantitative estimate of drug-likeness (QED) is 0.799. The van der Waals surface area contributed by atoms with Gasteiger partial charge in [-0.1, -0.05) is 5.16 Å². The summed E-state index contributed by atoms with van der Waals surface area (Å²) in [5.74, 6) is -3.92. The van der Waals surface area contributed by atoms with E-state index in [4.69, 9.17) is 9.57 Å². The topological polar surface area (TPSA) is 54.3 Å². The van der Waals surface area contributed by atoms with Crippen LogP contribution < -0.4 is 0 Å². The Morgan fingerprint density at radius 3 is 2.62 bits per heavy atom. The maximum atomic E-state index is 13.4. The van der Waals surface area contributed by atoms with Crippen LogP contribution in [0.15, 0.2) is 17.3 Å². The van der Waals surface area contributed by atoms with Gasteiger partial charge in [0.15, 0.2) is 17.5 Å². The molecule has 0 amide bonds. The molecule has 1 aromatic rings. The van der Waals surface area contributed by atoms with E-state index in [-0.39, 0.29) is 24.1 Å². The Morgan fingerprint density at radius 2 is 1.95 bits per heavy atom. The van der Waals surface area contributed by atoms with Crippen LogP contribution in [0, 0.1) is 17.5 Å². The SMILES string of the molecule is CC1CN2C(=NOCC2c2cc(F)c(F)c(F)c2)C(O)O1. The fraction of sp³-hybridized carbons (Fsp3) is 0.462. The van der Waals surface area contributed by atoms with Crippen molar-refractivity contribution in [2.45, 2.75) is 25.4 Å². The molecule has 3 atom stereocenters. The molecule has 114 valence electrons. The number of benzene rings is 1. The number of nitrogens with zero attached hydrogens (tertiary/aromatic N) is 2. The lowest BCUT2D eigenvalue weighted by Crippen LogP contribution is -2.54. The van der Waals surface area contributed by atoms with Gasteiger partial charge in [-0.2, -0.15) is 0 Å². The first kappa shape index (κ1) is 14.2. The van der Waals surface area contributed by atoms with Gasteiger partial charge in [0, 0.05) is 6.54 Å². The molecule has 1 N–H and O–H groups in total. The fourth-order valence-electron chi connectivity index (χ4n) is 2.53. The summed E-state index contributed by atoms with van der Waals surface area (Å²) in [5.41, 5.74) is 0.208. The van der Waals surface area contributed by atoms with E-state index in [0.29, 0.717) is 6.54 Å². The van der Waals surface area contributed by atoms with Gasteiger partial charge in [-0.05, 0) is 24.6 Å². The minimum atomic E-state index is -1.51. The van der Waals surface area contributed by atoms with Gasteiger partial charge in [0.25, 0.3) is 0 Å². The van der Waals surface area contributed by atoms with Crippen molar-refractivity contribution in [3.63, 3.8) is 0 Å². The number of morpholine rings is 1. The molecule has 5 nitrogen and oxygen atoms in total. The van der Waals surface area contributed by atoms with Crippen LogP contribution in [0.1, 0.15) is 18.5 Å². The lowest BCUT2D eigenvalue weighted by Gasteiger charge is -2.43. The number of oxime groups is 1. The van der Waals surface area contributed by atoms with E-state index in [2.05, 4.69) is 5.16 Å². The van der Waals surface area contributed by atoms with E-state index in [9.17, 15) is 18.3 Å². The monoisotopic (exact) mass is 302 g/mol. The largest absolute Gasteiger partial charge is 0.392 e. The number of ether oxygens (including phenoxy) is 1. The van der Waals surface area contributed by atoms with Gasteiger partial charge in [-0.25, -0.2) is 13.2 Å². The van der Waals surface area contributed by atoms with Crippen molar-refractivity contribution in [3.05, 3.63) is 35.1 Å². The van der Waals surface area contributed by atoms with E-state index in [1.54, 1.807) is 11.8 Å². The van der Waals surface area contributed by atoms with Gasteiger partial charge in [-0.15, -0.1) is 0 Å². The summed E-state index contributed by atoms with van der Waals surface area (Å²) in [6, 6.07) is 1.26. The van der Waals surface area contributed by atoms with Crippen molar-refractivity contribution in [2.24, 2.45) is 5.16 Å². The number of fused-ring (bicyclic) bond motifs is 1. The van der Waals surface area contributed by atoms with Crippen LogP contribution in [0.25, 0.3) is 0 Å². The van der Waals surface area contributed by atoms with Gasteiger partial charge in [-0.3, -0.25) is 0 Å². The average Bonchev–Trinajstić information content (AvgIpc) is 2.43. The number of aliphatic hydroxyl groups is 1. The molecule has 21 heavy (non-hydrogen) atoms. The van der Waals surface area contributed by atoms with Gasteiger partial charge < -0.3 is 19.6 Å². The van der Waals surface area contributed by atoms with Gasteiger partial charge in [0.1, 0.15) is 6.61 Å². The van der Waals surface area contributed by atoms with Crippen molar-refractivity contribution < 1.29 is 27.9 Å². The Bertz CT molecular complexity index is 573. The summed E-state index contributed by atoms with van der Waals surface area (Å²) in [6.45, 7) is 2.15. The van der Waals surface area contributed by atoms with E-state index in [1.807, 2.05) is 0 Å². The van der Waals surface area contributed by atoms with Gasteiger partial charge in [0.05, 0.1) is 12.1 Å². The highest BCUT2D eigenvalue weighted by Gasteiger charge is 2.38. The van der Waals surface area contributed by atoms with E-state index in [1.165, 1.54) is 0 Å². The minimum Gasteiger partial charge on any atom is -0.392 e. The Morgan fingerprint density at radius 1 is 1.29 bits per heavy atom. The van der Waals surface area contributed by atoms with Crippen LogP contribution in [0.4, 0.5) is 13.2 Å². The number of hydrogen-bond donors (Lipinski definition) is 1. The van der Waals surface area contributed by atoms with Gasteiger partial charge in [0.2, 0.25) is 12.1 Å². The molecule has 1 saturated heterocycles.